The van der Waals surface area contributed by atoms with Gasteiger partial charge in [-0.2, -0.15) is 0 Å². The molecule has 1 heterocycles. The molecule has 0 bridgehead atoms. The van der Waals surface area contributed by atoms with Gasteiger partial charge in [0.05, 0.1) is 28.5 Å². The average molecular weight is 432 g/mol. The minimum Gasteiger partial charge on any atom is -0.497 e. The molecule has 7 heteroatoms. The SMILES string of the molecule is CC.COc1cc(Br)c2c(c1)N(c1c(Cl)cccc1Cl)C(=O)NC2. The summed E-state index contributed by atoms with van der Waals surface area (Å²) in [6.07, 6.45) is 0. The number of carbonyl (C=O) groups excluding carboxylic acids is 1. The lowest BCUT2D eigenvalue weighted by Crippen LogP contribution is -2.41. The summed E-state index contributed by atoms with van der Waals surface area (Å²) >= 11 is 16.0. The summed E-state index contributed by atoms with van der Waals surface area (Å²) < 4.78 is 6.13. The predicted octanol–water partition coefficient (Wildman–Crippen LogP) is 6.15. The van der Waals surface area contributed by atoms with Crippen molar-refractivity contribution in [2.45, 2.75) is 20.4 Å². The molecule has 0 fully saturated rings. The molecular formula is C17H17BrCl2N2O2. The van der Waals surface area contributed by atoms with Gasteiger partial charge in [0.1, 0.15) is 5.75 Å². The Morgan fingerprint density at radius 3 is 2.42 bits per heavy atom. The van der Waals surface area contributed by atoms with Gasteiger partial charge in [-0.25, -0.2) is 4.79 Å². The highest BCUT2D eigenvalue weighted by molar-refractivity contribution is 9.10. The average Bonchev–Trinajstić information content (AvgIpc) is 2.58. The summed E-state index contributed by atoms with van der Waals surface area (Å²) in [4.78, 5) is 13.9. The van der Waals surface area contributed by atoms with E-state index < -0.39 is 0 Å². The lowest BCUT2D eigenvalue weighted by molar-refractivity contribution is 0.247. The van der Waals surface area contributed by atoms with Crippen molar-refractivity contribution < 1.29 is 9.53 Å². The third-order valence-electron chi connectivity index (χ3n) is 3.40. The lowest BCUT2D eigenvalue weighted by atomic mass is 10.1. The molecule has 3 rings (SSSR count). The van der Waals surface area contributed by atoms with Crippen molar-refractivity contribution in [2.75, 3.05) is 12.0 Å². The number of anilines is 2. The van der Waals surface area contributed by atoms with E-state index in [1.165, 1.54) is 4.90 Å². The van der Waals surface area contributed by atoms with Gasteiger partial charge in [0.25, 0.3) is 0 Å². The highest BCUT2D eigenvalue weighted by Crippen LogP contribution is 2.43. The number of para-hydroxylation sites is 1. The van der Waals surface area contributed by atoms with E-state index in [1.807, 2.05) is 19.9 Å². The predicted molar refractivity (Wildman–Crippen MR) is 103 cm³/mol. The number of hydrogen-bond acceptors (Lipinski definition) is 2. The summed E-state index contributed by atoms with van der Waals surface area (Å²) in [5, 5.41) is 3.61. The fraction of sp³-hybridized carbons (Fsp3) is 0.235. The van der Waals surface area contributed by atoms with Crippen LogP contribution in [0.1, 0.15) is 19.4 Å². The van der Waals surface area contributed by atoms with Gasteiger partial charge in [-0.3, -0.25) is 4.90 Å². The van der Waals surface area contributed by atoms with Crippen LogP contribution in [-0.2, 0) is 6.54 Å². The quantitative estimate of drug-likeness (QED) is 0.619. The number of rotatable bonds is 2. The van der Waals surface area contributed by atoms with Crippen LogP contribution in [-0.4, -0.2) is 13.1 Å². The summed E-state index contributed by atoms with van der Waals surface area (Å²) in [5.41, 5.74) is 2.06. The number of hydrogen-bond donors (Lipinski definition) is 1. The Balaban J connectivity index is 0.00000100. The van der Waals surface area contributed by atoms with Crippen LogP contribution in [0, 0.1) is 0 Å². The van der Waals surface area contributed by atoms with Gasteiger partial charge in [-0.1, -0.05) is 59.0 Å². The fourth-order valence-electron chi connectivity index (χ4n) is 2.37. The molecule has 0 unspecified atom stereocenters. The molecule has 24 heavy (non-hydrogen) atoms. The monoisotopic (exact) mass is 430 g/mol. The van der Waals surface area contributed by atoms with Crippen molar-refractivity contribution in [3.63, 3.8) is 0 Å². The van der Waals surface area contributed by atoms with Crippen LogP contribution in [0.15, 0.2) is 34.8 Å². The van der Waals surface area contributed by atoms with Crippen LogP contribution in [0.2, 0.25) is 10.0 Å². The second-order valence-corrected chi connectivity index (χ2v) is 6.34. The number of halogens is 3. The Kier molecular flexibility index (Phi) is 6.38. The van der Waals surface area contributed by atoms with Crippen molar-refractivity contribution in [2.24, 2.45) is 0 Å². The van der Waals surface area contributed by atoms with E-state index in [4.69, 9.17) is 27.9 Å². The highest BCUT2D eigenvalue weighted by Gasteiger charge is 2.30. The number of urea groups is 1. The third kappa shape index (κ3) is 3.48. The number of carbonyl (C=O) groups is 1. The van der Waals surface area contributed by atoms with E-state index in [-0.39, 0.29) is 6.03 Å². The molecule has 0 saturated heterocycles. The summed E-state index contributed by atoms with van der Waals surface area (Å²) in [5.74, 6) is 0.633. The van der Waals surface area contributed by atoms with E-state index in [2.05, 4.69) is 21.2 Å². The molecular weight excluding hydrogens is 415 g/mol. The standard InChI is InChI=1S/C15H11BrCl2N2O2.C2H6/c1-22-8-5-10(16)9-7-19-15(21)20(13(9)6-8)14-11(17)3-2-4-12(14)18;1-2/h2-6H,7H2,1H3,(H,19,21);1-2H3. The Morgan fingerprint density at radius 2 is 1.83 bits per heavy atom. The largest absolute Gasteiger partial charge is 0.497 e. The van der Waals surface area contributed by atoms with Gasteiger partial charge in [0.15, 0.2) is 0 Å². The van der Waals surface area contributed by atoms with Crippen LogP contribution in [0.5, 0.6) is 5.75 Å². The van der Waals surface area contributed by atoms with Crippen LogP contribution in [0.4, 0.5) is 16.2 Å². The molecule has 4 nitrogen and oxygen atoms in total. The van der Waals surface area contributed by atoms with Gasteiger partial charge < -0.3 is 10.1 Å². The summed E-state index contributed by atoms with van der Waals surface area (Å²) in [6.45, 7) is 4.41. The molecule has 0 saturated carbocycles. The van der Waals surface area contributed by atoms with E-state index in [0.29, 0.717) is 33.7 Å². The summed E-state index contributed by atoms with van der Waals surface area (Å²) in [7, 11) is 1.57. The van der Waals surface area contributed by atoms with Crippen molar-refractivity contribution in [1.82, 2.24) is 5.32 Å². The van der Waals surface area contributed by atoms with Crippen LogP contribution < -0.4 is 15.0 Å². The maximum Gasteiger partial charge on any atom is 0.326 e. The molecule has 1 N–H and O–H groups in total. The first-order chi connectivity index (χ1) is 11.5. The van der Waals surface area contributed by atoms with Crippen LogP contribution in [0.25, 0.3) is 0 Å². The lowest BCUT2D eigenvalue weighted by Gasteiger charge is -2.32. The minimum atomic E-state index is -0.289. The molecule has 2 amide bonds. The van der Waals surface area contributed by atoms with Crippen LogP contribution in [0.3, 0.4) is 0 Å². The second kappa shape index (κ2) is 8.10. The molecule has 1 aliphatic heterocycles. The Morgan fingerprint density at radius 1 is 1.21 bits per heavy atom. The maximum atomic E-state index is 12.4. The zero-order chi connectivity index (χ0) is 17.9. The van der Waals surface area contributed by atoms with Gasteiger partial charge in [0.2, 0.25) is 0 Å². The minimum absolute atomic E-state index is 0.289. The number of ether oxygens (including phenoxy) is 1. The van der Waals surface area contributed by atoms with E-state index in [1.54, 1.807) is 31.4 Å². The van der Waals surface area contributed by atoms with E-state index >= 15 is 0 Å². The number of nitrogens with one attached hydrogen (secondary N) is 1. The van der Waals surface area contributed by atoms with Crippen molar-refractivity contribution in [3.05, 3.63) is 50.4 Å². The van der Waals surface area contributed by atoms with E-state index in [0.717, 1.165) is 10.0 Å². The number of nitrogens with zero attached hydrogens (tertiary/aromatic N) is 1. The molecule has 2 aromatic rings. The number of methoxy groups -OCH3 is 1. The molecule has 0 aliphatic carbocycles. The number of fused-ring (bicyclic) bond motifs is 1. The smallest absolute Gasteiger partial charge is 0.326 e. The first-order valence-electron chi connectivity index (χ1n) is 7.41. The maximum absolute atomic E-state index is 12.4. The van der Waals surface area contributed by atoms with Crippen molar-refractivity contribution in [1.29, 1.82) is 0 Å². The Hall–Kier alpha value is -1.43. The molecule has 0 spiro atoms. The second-order valence-electron chi connectivity index (χ2n) is 4.67. The zero-order valence-corrected chi connectivity index (χ0v) is 16.6. The van der Waals surface area contributed by atoms with Gasteiger partial charge in [0, 0.05) is 22.6 Å². The molecule has 0 radical (unpaired) electrons. The molecule has 2 aromatic carbocycles. The molecule has 0 atom stereocenters. The normalized spacial score (nSPS) is 12.8. The third-order valence-corrected chi connectivity index (χ3v) is 4.72. The topological polar surface area (TPSA) is 41.6 Å². The fourth-order valence-corrected chi connectivity index (χ4v) is 3.50. The van der Waals surface area contributed by atoms with E-state index in [9.17, 15) is 4.79 Å². The first kappa shape index (κ1) is 18.9. The number of benzene rings is 2. The van der Waals surface area contributed by atoms with Gasteiger partial charge >= 0.3 is 6.03 Å². The first-order valence-corrected chi connectivity index (χ1v) is 8.96. The highest BCUT2D eigenvalue weighted by atomic mass is 79.9. The number of amides is 2. The Labute approximate surface area is 159 Å². The Bertz CT molecular complexity index is 748. The van der Waals surface area contributed by atoms with Crippen molar-refractivity contribution in [3.8, 4) is 5.75 Å². The van der Waals surface area contributed by atoms with Gasteiger partial charge in [-0.05, 0) is 18.2 Å². The summed E-state index contributed by atoms with van der Waals surface area (Å²) in [6, 6.07) is 8.47. The molecule has 1 aliphatic rings. The van der Waals surface area contributed by atoms with Crippen LogP contribution >= 0.6 is 39.1 Å². The zero-order valence-electron chi connectivity index (χ0n) is 13.5. The molecule has 0 aromatic heterocycles. The van der Waals surface area contributed by atoms with Gasteiger partial charge in [-0.15, -0.1) is 0 Å². The molecule has 128 valence electrons. The van der Waals surface area contributed by atoms with Crippen molar-refractivity contribution >= 4 is 56.5 Å².